The quantitative estimate of drug-likeness (QED) is 0.332. The number of para-hydroxylation sites is 1. The molecule has 0 unspecified atom stereocenters. The predicted molar refractivity (Wildman–Crippen MR) is 133 cm³/mol. The minimum absolute atomic E-state index is 0.0517. The van der Waals surface area contributed by atoms with Crippen molar-refractivity contribution < 1.29 is 19.7 Å². The Labute approximate surface area is 201 Å². The molecule has 1 aliphatic rings. The molecule has 0 bridgehead atoms. The van der Waals surface area contributed by atoms with Crippen molar-refractivity contribution in [2.75, 3.05) is 0 Å². The Bertz CT molecular complexity index is 1620. The summed E-state index contributed by atoms with van der Waals surface area (Å²) in [5.74, 6) is -0.682. The summed E-state index contributed by atoms with van der Waals surface area (Å²) in [5.41, 5.74) is 4.93. The third-order valence-corrected chi connectivity index (χ3v) is 6.16. The maximum absolute atomic E-state index is 13.2. The van der Waals surface area contributed by atoms with Crippen molar-refractivity contribution in [2.45, 2.75) is 6.54 Å². The topological polar surface area (TPSA) is 84.6 Å². The minimum atomic E-state index is -0.428. The number of fused-ring (bicyclic) bond motifs is 2. The van der Waals surface area contributed by atoms with Gasteiger partial charge in [-0.2, -0.15) is 0 Å². The number of benzene rings is 3. The van der Waals surface area contributed by atoms with E-state index in [0.29, 0.717) is 6.54 Å². The zero-order chi connectivity index (χ0) is 23.9. The number of aromatic nitrogens is 2. The fraction of sp³-hybridized carbons (Fsp3) is 0.0345. The van der Waals surface area contributed by atoms with Gasteiger partial charge in [-0.05, 0) is 35.4 Å². The Morgan fingerprint density at radius 2 is 1.66 bits per heavy atom. The second-order valence-corrected chi connectivity index (χ2v) is 8.36. The lowest BCUT2D eigenvalue weighted by atomic mass is 10.0. The van der Waals surface area contributed by atoms with E-state index in [1.54, 1.807) is 18.5 Å². The van der Waals surface area contributed by atoms with Crippen molar-refractivity contribution in [3.05, 3.63) is 114 Å². The van der Waals surface area contributed by atoms with Crippen molar-refractivity contribution in [3.63, 3.8) is 0 Å². The van der Waals surface area contributed by atoms with E-state index < -0.39 is 5.78 Å². The van der Waals surface area contributed by atoms with Crippen LogP contribution in [0.3, 0.4) is 0 Å². The molecular formula is C29H20N2O4. The van der Waals surface area contributed by atoms with E-state index in [0.717, 1.165) is 39.4 Å². The lowest BCUT2D eigenvalue weighted by molar-refractivity contribution is 0.101. The van der Waals surface area contributed by atoms with Gasteiger partial charge in [-0.15, -0.1) is 0 Å². The molecule has 6 nitrogen and oxygen atoms in total. The molecule has 0 fully saturated rings. The maximum atomic E-state index is 13.2. The third-order valence-electron chi connectivity index (χ3n) is 6.16. The largest absolute Gasteiger partial charge is 0.508 e. The van der Waals surface area contributed by atoms with Crippen molar-refractivity contribution in [2.24, 2.45) is 0 Å². The van der Waals surface area contributed by atoms with Gasteiger partial charge in [-0.3, -0.25) is 9.78 Å². The number of rotatable bonds is 4. The first kappa shape index (κ1) is 20.7. The van der Waals surface area contributed by atoms with Gasteiger partial charge in [-0.1, -0.05) is 48.5 Å². The van der Waals surface area contributed by atoms with Gasteiger partial charge in [0.05, 0.1) is 5.69 Å². The Hall–Kier alpha value is -4.84. The number of hydrogen-bond donors (Lipinski definition) is 2. The highest BCUT2D eigenvalue weighted by atomic mass is 16.5. The molecule has 0 amide bonds. The van der Waals surface area contributed by atoms with Crippen LogP contribution in [-0.2, 0) is 6.54 Å². The Morgan fingerprint density at radius 1 is 0.914 bits per heavy atom. The number of ketones is 1. The van der Waals surface area contributed by atoms with Crippen LogP contribution in [0.2, 0.25) is 0 Å². The van der Waals surface area contributed by atoms with Crippen LogP contribution < -0.4 is 4.74 Å². The van der Waals surface area contributed by atoms with Gasteiger partial charge < -0.3 is 19.5 Å². The van der Waals surface area contributed by atoms with Gasteiger partial charge in [0, 0.05) is 47.5 Å². The fourth-order valence-corrected chi connectivity index (χ4v) is 4.63. The molecule has 0 aliphatic carbocycles. The summed E-state index contributed by atoms with van der Waals surface area (Å²) in [6.07, 6.45) is 5.28. The van der Waals surface area contributed by atoms with Crippen molar-refractivity contribution in [3.8, 4) is 28.5 Å². The van der Waals surface area contributed by atoms with E-state index in [4.69, 9.17) is 4.74 Å². The zero-order valence-corrected chi connectivity index (χ0v) is 18.6. The number of aromatic hydroxyl groups is 2. The van der Waals surface area contributed by atoms with E-state index >= 15 is 0 Å². The van der Waals surface area contributed by atoms with E-state index in [1.165, 1.54) is 6.07 Å². The first-order chi connectivity index (χ1) is 17.1. The van der Waals surface area contributed by atoms with E-state index in [1.807, 2.05) is 60.7 Å². The molecule has 1 aliphatic heterocycles. The molecule has 3 heterocycles. The Kier molecular flexibility index (Phi) is 4.85. The molecular weight excluding hydrogens is 440 g/mol. The van der Waals surface area contributed by atoms with Crippen LogP contribution in [0.5, 0.6) is 17.2 Å². The van der Waals surface area contributed by atoms with E-state index in [2.05, 4.69) is 15.6 Å². The van der Waals surface area contributed by atoms with Crippen molar-refractivity contribution in [1.29, 1.82) is 0 Å². The second kappa shape index (κ2) is 8.18. The molecule has 5 aromatic rings. The van der Waals surface area contributed by atoms with Crippen LogP contribution in [0.15, 0.2) is 97.0 Å². The molecule has 0 saturated carbocycles. The van der Waals surface area contributed by atoms with Crippen molar-refractivity contribution >= 4 is 22.8 Å². The summed E-state index contributed by atoms with van der Waals surface area (Å²) in [6, 6.07) is 24.5. The van der Waals surface area contributed by atoms with Crippen LogP contribution >= 0.6 is 0 Å². The lowest BCUT2D eigenvalue weighted by Crippen LogP contribution is -2.03. The summed E-state index contributed by atoms with van der Waals surface area (Å²) in [7, 11) is 0. The van der Waals surface area contributed by atoms with Gasteiger partial charge in [-0.25, -0.2) is 0 Å². The molecule has 6 rings (SSSR count). The highest BCUT2D eigenvalue weighted by Gasteiger charge is 2.32. The number of ether oxygens (including phenoxy) is 1. The number of nitrogens with zero attached hydrogens (tertiary/aromatic N) is 2. The van der Waals surface area contributed by atoms with Gasteiger partial charge in [0.15, 0.2) is 5.76 Å². The minimum Gasteiger partial charge on any atom is -0.508 e. The molecule has 6 heteroatoms. The lowest BCUT2D eigenvalue weighted by Gasteiger charge is -2.12. The van der Waals surface area contributed by atoms with Crippen LogP contribution in [0.1, 0.15) is 21.5 Å². The summed E-state index contributed by atoms with van der Waals surface area (Å²) in [4.78, 5) is 17.3. The van der Waals surface area contributed by atoms with Crippen molar-refractivity contribution in [1.82, 2.24) is 9.55 Å². The van der Waals surface area contributed by atoms with E-state index in [-0.39, 0.29) is 28.6 Å². The molecule has 0 radical (unpaired) electrons. The maximum Gasteiger partial charge on any atom is 0.235 e. The number of carbonyl (C=O) groups is 1. The van der Waals surface area contributed by atoms with Gasteiger partial charge in [0.25, 0.3) is 0 Å². The van der Waals surface area contributed by atoms with Crippen LogP contribution in [0, 0.1) is 0 Å². The highest BCUT2D eigenvalue weighted by Crippen LogP contribution is 2.42. The number of carbonyl (C=O) groups excluding carboxylic acids is 1. The van der Waals surface area contributed by atoms with E-state index in [9.17, 15) is 15.0 Å². The summed E-state index contributed by atoms with van der Waals surface area (Å²) < 4.78 is 8.05. The number of Topliss-reactive ketones (excluding diaryl/α,β-unsaturated/α-hetero) is 1. The van der Waals surface area contributed by atoms with Crippen LogP contribution in [0.25, 0.3) is 28.2 Å². The molecule has 0 spiro atoms. The Morgan fingerprint density at radius 3 is 2.46 bits per heavy atom. The predicted octanol–water partition coefficient (Wildman–Crippen LogP) is 5.78. The molecule has 35 heavy (non-hydrogen) atoms. The molecule has 0 saturated heterocycles. The summed E-state index contributed by atoms with van der Waals surface area (Å²) in [5, 5.41) is 21.0. The summed E-state index contributed by atoms with van der Waals surface area (Å²) >= 11 is 0. The molecule has 0 atom stereocenters. The number of phenolic OH excluding ortho intramolecular Hbond substituents is 2. The molecule has 3 aromatic carbocycles. The van der Waals surface area contributed by atoms with Gasteiger partial charge >= 0.3 is 0 Å². The SMILES string of the molecule is O=C1/C(=C/c2c(-c3ccccc3)n(Cc3ccncc3)c3ccccc23)Oc2cc(O)cc(O)c21. The molecule has 2 aromatic heterocycles. The zero-order valence-electron chi connectivity index (χ0n) is 18.6. The van der Waals surface area contributed by atoms with Crippen LogP contribution in [0.4, 0.5) is 0 Å². The molecule has 2 N–H and O–H groups in total. The summed E-state index contributed by atoms with van der Waals surface area (Å²) in [6.45, 7) is 0.611. The second-order valence-electron chi connectivity index (χ2n) is 8.36. The number of phenols is 2. The van der Waals surface area contributed by atoms with Gasteiger partial charge in [0.1, 0.15) is 22.8 Å². The standard InChI is InChI=1S/C29H20N2O4/c32-20-14-24(33)27-25(15-20)35-26(29(27)34)16-22-21-8-4-5-9-23(21)31(17-18-10-12-30-13-11-18)28(22)19-6-2-1-3-7-19/h1-16,32-33H,17H2/b26-16-. The first-order valence-corrected chi connectivity index (χ1v) is 11.2. The number of allylic oxidation sites excluding steroid dienone is 1. The monoisotopic (exact) mass is 460 g/mol. The Balaban J connectivity index is 1.59. The smallest absolute Gasteiger partial charge is 0.235 e. The first-order valence-electron chi connectivity index (χ1n) is 11.2. The molecule has 170 valence electrons. The fourth-order valence-electron chi connectivity index (χ4n) is 4.63. The average Bonchev–Trinajstić information content (AvgIpc) is 3.35. The average molecular weight is 460 g/mol. The number of hydrogen-bond acceptors (Lipinski definition) is 5. The number of pyridine rings is 1. The third kappa shape index (κ3) is 3.52. The van der Waals surface area contributed by atoms with Gasteiger partial charge in [0.2, 0.25) is 5.78 Å². The van der Waals surface area contributed by atoms with Crippen LogP contribution in [-0.4, -0.2) is 25.5 Å². The normalized spacial score (nSPS) is 13.8. The highest BCUT2D eigenvalue weighted by molar-refractivity contribution is 6.17.